The van der Waals surface area contributed by atoms with Crippen LogP contribution >= 0.6 is 0 Å². The highest BCUT2D eigenvalue weighted by molar-refractivity contribution is 5.15. The lowest BCUT2D eigenvalue weighted by Crippen LogP contribution is -2.15. The summed E-state index contributed by atoms with van der Waals surface area (Å²) in [7, 11) is 0. The van der Waals surface area contributed by atoms with E-state index in [0.717, 1.165) is 31.2 Å². The maximum absolute atomic E-state index is 4.48. The van der Waals surface area contributed by atoms with E-state index in [2.05, 4.69) is 30.1 Å². The molecule has 3 nitrogen and oxygen atoms in total. The predicted molar refractivity (Wildman–Crippen MR) is 61.6 cm³/mol. The topological polar surface area (TPSA) is 29.9 Å². The first-order valence-corrected chi connectivity index (χ1v) is 5.67. The van der Waals surface area contributed by atoms with Gasteiger partial charge in [0.15, 0.2) is 0 Å². The zero-order valence-electron chi connectivity index (χ0n) is 9.37. The van der Waals surface area contributed by atoms with Gasteiger partial charge in [0.25, 0.3) is 0 Å². The fourth-order valence-corrected chi connectivity index (χ4v) is 1.61. The first kappa shape index (κ1) is 10.4. The van der Waals surface area contributed by atoms with Gasteiger partial charge in [-0.2, -0.15) is 5.10 Å². The minimum Gasteiger partial charge on any atom is -0.310 e. The highest BCUT2D eigenvalue weighted by Gasteiger charge is 2.20. The molecule has 1 N–H and O–H groups in total. The van der Waals surface area contributed by atoms with Crippen molar-refractivity contribution in [3.8, 4) is 0 Å². The number of nitrogens with one attached hydrogen (secondary N) is 1. The van der Waals surface area contributed by atoms with E-state index in [0.29, 0.717) is 0 Å². The molecule has 0 amide bonds. The Balaban J connectivity index is 1.90. The Bertz CT molecular complexity index is 337. The Hall–Kier alpha value is -1.09. The zero-order chi connectivity index (χ0) is 10.7. The summed E-state index contributed by atoms with van der Waals surface area (Å²) in [4.78, 5) is 0. The molecule has 0 atom stereocenters. The van der Waals surface area contributed by atoms with Crippen LogP contribution in [0.5, 0.6) is 0 Å². The van der Waals surface area contributed by atoms with Gasteiger partial charge in [-0.3, -0.25) is 4.68 Å². The van der Waals surface area contributed by atoms with E-state index in [1.165, 1.54) is 18.4 Å². The van der Waals surface area contributed by atoms with Crippen LogP contribution in [-0.2, 0) is 13.1 Å². The van der Waals surface area contributed by atoms with Crippen molar-refractivity contribution >= 4 is 0 Å². The molecule has 1 fully saturated rings. The van der Waals surface area contributed by atoms with Crippen LogP contribution in [0.15, 0.2) is 18.9 Å². The number of hydrogen-bond donors (Lipinski definition) is 1. The molecule has 3 heteroatoms. The molecule has 0 aromatic carbocycles. The molecule has 0 saturated heterocycles. The highest BCUT2D eigenvalue weighted by atomic mass is 15.3. The normalized spacial score (nSPS) is 15.5. The Kier molecular flexibility index (Phi) is 3.21. The van der Waals surface area contributed by atoms with Crippen molar-refractivity contribution in [1.29, 1.82) is 0 Å². The molecule has 1 aromatic rings. The quantitative estimate of drug-likeness (QED) is 0.720. The standard InChI is InChI=1S/C12H19N3/c1-3-4-7-15-9-11(10(2)14-15)8-13-12-5-6-12/h3,9,12-13H,1,4-8H2,2H3. The number of rotatable bonds is 6. The molecule has 1 heterocycles. The van der Waals surface area contributed by atoms with E-state index in [4.69, 9.17) is 0 Å². The van der Waals surface area contributed by atoms with E-state index < -0.39 is 0 Å². The number of aromatic nitrogens is 2. The predicted octanol–water partition coefficient (Wildman–Crippen LogP) is 2.02. The molecule has 2 rings (SSSR count). The first-order valence-electron chi connectivity index (χ1n) is 5.67. The van der Waals surface area contributed by atoms with E-state index in [-0.39, 0.29) is 0 Å². The van der Waals surface area contributed by atoms with Crippen molar-refractivity contribution < 1.29 is 0 Å². The molecule has 0 spiro atoms. The van der Waals surface area contributed by atoms with Gasteiger partial charge >= 0.3 is 0 Å². The third-order valence-electron chi connectivity index (χ3n) is 2.77. The molecule has 0 radical (unpaired) electrons. The molecule has 0 aliphatic heterocycles. The van der Waals surface area contributed by atoms with Gasteiger partial charge in [0.05, 0.1) is 5.69 Å². The van der Waals surface area contributed by atoms with Crippen LogP contribution in [0, 0.1) is 6.92 Å². The summed E-state index contributed by atoms with van der Waals surface area (Å²) in [6.45, 7) is 7.70. The van der Waals surface area contributed by atoms with Crippen molar-refractivity contribution in [2.75, 3.05) is 0 Å². The van der Waals surface area contributed by atoms with Crippen LogP contribution < -0.4 is 5.32 Å². The largest absolute Gasteiger partial charge is 0.310 e. The molecule has 1 aromatic heterocycles. The summed E-state index contributed by atoms with van der Waals surface area (Å²) >= 11 is 0. The molecule has 1 aliphatic carbocycles. The fraction of sp³-hybridized carbons (Fsp3) is 0.583. The van der Waals surface area contributed by atoms with Gasteiger partial charge in [-0.25, -0.2) is 0 Å². The van der Waals surface area contributed by atoms with Crippen molar-refractivity contribution in [3.63, 3.8) is 0 Å². The van der Waals surface area contributed by atoms with Crippen molar-refractivity contribution in [1.82, 2.24) is 15.1 Å². The summed E-state index contributed by atoms with van der Waals surface area (Å²) in [5.41, 5.74) is 2.47. The Labute approximate surface area is 91.2 Å². The van der Waals surface area contributed by atoms with Crippen LogP contribution in [-0.4, -0.2) is 15.8 Å². The second kappa shape index (κ2) is 4.62. The van der Waals surface area contributed by atoms with Gasteiger partial charge in [-0.05, 0) is 26.2 Å². The number of allylic oxidation sites excluding steroid dienone is 1. The molecule has 15 heavy (non-hydrogen) atoms. The van der Waals surface area contributed by atoms with Crippen molar-refractivity contribution in [2.45, 2.75) is 45.3 Å². The molecule has 0 bridgehead atoms. The van der Waals surface area contributed by atoms with Gasteiger partial charge in [0.1, 0.15) is 0 Å². The second-order valence-electron chi connectivity index (χ2n) is 4.24. The lowest BCUT2D eigenvalue weighted by Gasteiger charge is -1.99. The van der Waals surface area contributed by atoms with E-state index >= 15 is 0 Å². The van der Waals surface area contributed by atoms with Crippen LogP contribution in [0.1, 0.15) is 30.5 Å². The molecular weight excluding hydrogens is 186 g/mol. The average molecular weight is 205 g/mol. The van der Waals surface area contributed by atoms with Crippen molar-refractivity contribution in [3.05, 3.63) is 30.1 Å². The summed E-state index contributed by atoms with van der Waals surface area (Å²) in [6.07, 6.45) is 7.73. The Morgan fingerprint density at radius 1 is 1.67 bits per heavy atom. The molecule has 1 saturated carbocycles. The van der Waals surface area contributed by atoms with Gasteiger partial charge in [-0.1, -0.05) is 6.08 Å². The van der Waals surface area contributed by atoms with E-state index in [9.17, 15) is 0 Å². The Morgan fingerprint density at radius 2 is 2.47 bits per heavy atom. The molecular formula is C12H19N3. The van der Waals surface area contributed by atoms with Crippen LogP contribution in [0.25, 0.3) is 0 Å². The van der Waals surface area contributed by atoms with Crippen LogP contribution in [0.2, 0.25) is 0 Å². The second-order valence-corrected chi connectivity index (χ2v) is 4.24. The van der Waals surface area contributed by atoms with E-state index in [1.807, 2.05) is 10.8 Å². The van der Waals surface area contributed by atoms with Gasteiger partial charge in [0, 0.05) is 30.9 Å². The maximum atomic E-state index is 4.48. The van der Waals surface area contributed by atoms with Crippen molar-refractivity contribution in [2.24, 2.45) is 0 Å². The minimum atomic E-state index is 0.765. The summed E-state index contributed by atoms with van der Waals surface area (Å²) < 4.78 is 2.01. The number of nitrogens with zero attached hydrogens (tertiary/aromatic N) is 2. The monoisotopic (exact) mass is 205 g/mol. The zero-order valence-corrected chi connectivity index (χ0v) is 9.37. The SMILES string of the molecule is C=CCCn1cc(CNC2CC2)c(C)n1. The number of aryl methyl sites for hydroxylation is 2. The van der Waals surface area contributed by atoms with Gasteiger partial charge in [-0.15, -0.1) is 6.58 Å². The molecule has 1 aliphatic rings. The lowest BCUT2D eigenvalue weighted by molar-refractivity contribution is 0.618. The number of hydrogen-bond acceptors (Lipinski definition) is 2. The van der Waals surface area contributed by atoms with Gasteiger partial charge in [0.2, 0.25) is 0 Å². The van der Waals surface area contributed by atoms with E-state index in [1.54, 1.807) is 0 Å². The maximum Gasteiger partial charge on any atom is 0.0638 e. The third kappa shape index (κ3) is 2.93. The highest BCUT2D eigenvalue weighted by Crippen LogP contribution is 2.19. The molecule has 82 valence electrons. The third-order valence-corrected chi connectivity index (χ3v) is 2.77. The smallest absolute Gasteiger partial charge is 0.0638 e. The fourth-order valence-electron chi connectivity index (χ4n) is 1.61. The summed E-state index contributed by atoms with van der Waals surface area (Å²) in [6, 6.07) is 0.765. The molecule has 0 unspecified atom stereocenters. The first-order chi connectivity index (χ1) is 7.29. The summed E-state index contributed by atoms with van der Waals surface area (Å²) in [5.74, 6) is 0. The average Bonchev–Trinajstić information content (AvgIpc) is 2.98. The van der Waals surface area contributed by atoms with Crippen LogP contribution in [0.4, 0.5) is 0 Å². The lowest BCUT2D eigenvalue weighted by atomic mass is 10.2. The van der Waals surface area contributed by atoms with Crippen LogP contribution in [0.3, 0.4) is 0 Å². The van der Waals surface area contributed by atoms with Gasteiger partial charge < -0.3 is 5.32 Å². The summed E-state index contributed by atoms with van der Waals surface area (Å²) in [5, 5.41) is 7.99. The minimum absolute atomic E-state index is 0.765. The Morgan fingerprint density at radius 3 is 3.13 bits per heavy atom.